The standard InChI is InChI=1S/C19H33N5O2/c1-14-18(15(2)22(3)21-14)13-24(16-7-8-16)19(26)20-9-5-11-23-10-4-6-17(25)12-23/h16-17,25H,4-13H2,1-3H3,(H,20,26)/t17-/m1/s1. The summed E-state index contributed by atoms with van der Waals surface area (Å²) in [5.41, 5.74) is 3.30. The fraction of sp³-hybridized carbons (Fsp3) is 0.789. The van der Waals surface area contributed by atoms with Gasteiger partial charge >= 0.3 is 6.03 Å². The van der Waals surface area contributed by atoms with Gasteiger partial charge in [0.05, 0.1) is 18.3 Å². The van der Waals surface area contributed by atoms with Gasteiger partial charge in [0.2, 0.25) is 0 Å². The molecule has 3 rings (SSSR count). The summed E-state index contributed by atoms with van der Waals surface area (Å²) in [7, 11) is 1.95. The Balaban J connectivity index is 1.47. The van der Waals surface area contributed by atoms with Crippen LogP contribution >= 0.6 is 0 Å². The summed E-state index contributed by atoms with van der Waals surface area (Å²) in [5.74, 6) is 0. The van der Waals surface area contributed by atoms with Crippen LogP contribution in [0.2, 0.25) is 0 Å². The van der Waals surface area contributed by atoms with E-state index in [0.29, 0.717) is 19.1 Å². The molecule has 0 aromatic carbocycles. The molecule has 2 amide bonds. The van der Waals surface area contributed by atoms with E-state index in [4.69, 9.17) is 0 Å². The van der Waals surface area contributed by atoms with Gasteiger partial charge in [-0.15, -0.1) is 0 Å². The van der Waals surface area contributed by atoms with Crippen molar-refractivity contribution in [3.05, 3.63) is 17.0 Å². The minimum Gasteiger partial charge on any atom is -0.392 e. The number of aryl methyl sites for hydroxylation is 2. The lowest BCUT2D eigenvalue weighted by Gasteiger charge is -2.30. The molecule has 2 N–H and O–H groups in total. The van der Waals surface area contributed by atoms with Gasteiger partial charge < -0.3 is 20.2 Å². The van der Waals surface area contributed by atoms with Crippen LogP contribution in [0.15, 0.2) is 0 Å². The van der Waals surface area contributed by atoms with Gasteiger partial charge in [-0.05, 0) is 59.0 Å². The number of aromatic nitrogens is 2. The minimum absolute atomic E-state index is 0.0360. The number of amides is 2. The first-order valence-corrected chi connectivity index (χ1v) is 9.89. The lowest BCUT2D eigenvalue weighted by atomic mass is 10.1. The van der Waals surface area contributed by atoms with Gasteiger partial charge in [0, 0.05) is 37.4 Å². The van der Waals surface area contributed by atoms with Gasteiger partial charge in [-0.25, -0.2) is 4.79 Å². The van der Waals surface area contributed by atoms with Gasteiger partial charge in [-0.2, -0.15) is 5.10 Å². The molecule has 0 radical (unpaired) electrons. The molecule has 26 heavy (non-hydrogen) atoms. The number of nitrogens with one attached hydrogen (secondary N) is 1. The summed E-state index contributed by atoms with van der Waals surface area (Å²) >= 11 is 0. The van der Waals surface area contributed by atoms with E-state index in [1.807, 2.05) is 23.6 Å². The average Bonchev–Trinajstić information content (AvgIpc) is 3.40. The second kappa shape index (κ2) is 8.39. The minimum atomic E-state index is -0.185. The molecule has 0 unspecified atom stereocenters. The maximum atomic E-state index is 12.7. The lowest BCUT2D eigenvalue weighted by molar-refractivity contribution is 0.0701. The molecule has 1 aliphatic heterocycles. The predicted octanol–water partition coefficient (Wildman–Crippen LogP) is 1.56. The van der Waals surface area contributed by atoms with E-state index in [9.17, 15) is 9.90 Å². The van der Waals surface area contributed by atoms with Crippen LogP contribution in [0.4, 0.5) is 4.79 Å². The Labute approximate surface area is 156 Å². The number of hydrogen-bond acceptors (Lipinski definition) is 4. The number of nitrogens with zero attached hydrogens (tertiary/aromatic N) is 4. The van der Waals surface area contributed by atoms with E-state index in [1.54, 1.807) is 0 Å². The number of carbonyl (C=O) groups is 1. The fourth-order valence-corrected chi connectivity index (χ4v) is 3.80. The number of β-amino-alcohol motifs (C(OH)–C–C–N with tert-alkyl or cyclic N) is 1. The molecule has 2 aliphatic rings. The van der Waals surface area contributed by atoms with E-state index >= 15 is 0 Å². The van der Waals surface area contributed by atoms with Crippen LogP contribution in [-0.4, -0.2) is 69.0 Å². The molecule has 1 aliphatic carbocycles. The SMILES string of the molecule is Cc1nn(C)c(C)c1CN(C(=O)NCCCN1CCC[C@@H](O)C1)C1CC1. The van der Waals surface area contributed by atoms with Gasteiger partial charge in [-0.1, -0.05) is 0 Å². The summed E-state index contributed by atoms with van der Waals surface area (Å²) < 4.78 is 1.89. The Morgan fingerprint density at radius 1 is 1.35 bits per heavy atom. The zero-order chi connectivity index (χ0) is 18.7. The van der Waals surface area contributed by atoms with Crippen LogP contribution in [0, 0.1) is 13.8 Å². The fourth-order valence-electron chi connectivity index (χ4n) is 3.80. The Hall–Kier alpha value is -1.60. The van der Waals surface area contributed by atoms with Crippen LogP contribution in [0.1, 0.15) is 49.1 Å². The summed E-state index contributed by atoms with van der Waals surface area (Å²) in [6, 6.07) is 0.403. The van der Waals surface area contributed by atoms with Gasteiger partial charge in [0.1, 0.15) is 0 Å². The van der Waals surface area contributed by atoms with Crippen molar-refractivity contribution < 1.29 is 9.90 Å². The van der Waals surface area contributed by atoms with Crippen molar-refractivity contribution >= 4 is 6.03 Å². The lowest BCUT2D eigenvalue weighted by Crippen LogP contribution is -2.43. The van der Waals surface area contributed by atoms with Gasteiger partial charge in [0.25, 0.3) is 0 Å². The quantitative estimate of drug-likeness (QED) is 0.721. The summed E-state index contributed by atoms with van der Waals surface area (Å²) in [4.78, 5) is 17.0. The Morgan fingerprint density at radius 3 is 2.73 bits per heavy atom. The van der Waals surface area contributed by atoms with Crippen LogP contribution in [0.5, 0.6) is 0 Å². The zero-order valence-electron chi connectivity index (χ0n) is 16.4. The highest BCUT2D eigenvalue weighted by molar-refractivity contribution is 5.75. The third-order valence-electron chi connectivity index (χ3n) is 5.64. The number of rotatable bonds is 7. The topological polar surface area (TPSA) is 73.6 Å². The van der Waals surface area contributed by atoms with Crippen molar-refractivity contribution in [3.8, 4) is 0 Å². The first-order chi connectivity index (χ1) is 12.5. The number of hydrogen-bond donors (Lipinski definition) is 2. The van der Waals surface area contributed by atoms with Crippen molar-refractivity contribution in [1.29, 1.82) is 0 Å². The molecule has 7 nitrogen and oxygen atoms in total. The van der Waals surface area contributed by atoms with Gasteiger partial charge in [-0.3, -0.25) is 4.68 Å². The first-order valence-electron chi connectivity index (χ1n) is 9.89. The second-order valence-electron chi connectivity index (χ2n) is 7.81. The first kappa shape index (κ1) is 19.2. The number of carbonyl (C=O) groups excluding carboxylic acids is 1. The molecule has 1 atom stereocenters. The largest absolute Gasteiger partial charge is 0.392 e. The Morgan fingerprint density at radius 2 is 2.12 bits per heavy atom. The summed E-state index contributed by atoms with van der Waals surface area (Å²) in [6.45, 7) is 8.14. The average molecular weight is 364 g/mol. The highest BCUT2D eigenvalue weighted by Crippen LogP contribution is 2.29. The molecule has 1 aromatic heterocycles. The maximum absolute atomic E-state index is 12.7. The Bertz CT molecular complexity index is 626. The summed E-state index contributed by atoms with van der Waals surface area (Å²) in [6.07, 6.45) is 4.90. The highest BCUT2D eigenvalue weighted by atomic mass is 16.3. The third-order valence-corrected chi connectivity index (χ3v) is 5.64. The van der Waals surface area contributed by atoms with Crippen molar-refractivity contribution in [3.63, 3.8) is 0 Å². The summed E-state index contributed by atoms with van der Waals surface area (Å²) in [5, 5.41) is 17.3. The van der Waals surface area contributed by atoms with Crippen LogP contribution in [-0.2, 0) is 13.6 Å². The van der Waals surface area contributed by atoms with E-state index in [0.717, 1.165) is 68.7 Å². The van der Waals surface area contributed by atoms with E-state index < -0.39 is 0 Å². The van der Waals surface area contributed by atoms with Crippen LogP contribution < -0.4 is 5.32 Å². The van der Waals surface area contributed by atoms with E-state index in [1.165, 1.54) is 0 Å². The van der Waals surface area contributed by atoms with Crippen LogP contribution in [0.25, 0.3) is 0 Å². The van der Waals surface area contributed by atoms with Crippen molar-refractivity contribution in [2.24, 2.45) is 7.05 Å². The van der Waals surface area contributed by atoms with Crippen molar-refractivity contribution in [2.75, 3.05) is 26.2 Å². The maximum Gasteiger partial charge on any atom is 0.317 e. The van der Waals surface area contributed by atoms with E-state index in [-0.39, 0.29) is 12.1 Å². The van der Waals surface area contributed by atoms with Crippen molar-refractivity contribution in [1.82, 2.24) is 24.9 Å². The molecule has 146 valence electrons. The monoisotopic (exact) mass is 363 g/mol. The molecular formula is C19H33N5O2. The normalized spacial score (nSPS) is 21.0. The molecule has 1 aromatic rings. The molecule has 7 heteroatoms. The Kier molecular flexibility index (Phi) is 6.19. The molecule has 1 saturated carbocycles. The van der Waals surface area contributed by atoms with Gasteiger partial charge in [0.15, 0.2) is 0 Å². The molecule has 0 spiro atoms. The molecule has 1 saturated heterocycles. The molecular weight excluding hydrogens is 330 g/mol. The number of urea groups is 1. The molecule has 2 heterocycles. The smallest absolute Gasteiger partial charge is 0.317 e. The number of piperidine rings is 1. The number of aliphatic hydroxyl groups is 1. The number of likely N-dealkylation sites (tertiary alicyclic amines) is 1. The van der Waals surface area contributed by atoms with Crippen molar-refractivity contribution in [2.45, 2.75) is 64.6 Å². The molecule has 2 fully saturated rings. The van der Waals surface area contributed by atoms with Crippen LogP contribution in [0.3, 0.4) is 0 Å². The molecule has 0 bridgehead atoms. The zero-order valence-corrected chi connectivity index (χ0v) is 16.4. The highest BCUT2D eigenvalue weighted by Gasteiger charge is 2.33. The third kappa shape index (κ3) is 4.76. The second-order valence-corrected chi connectivity index (χ2v) is 7.81. The predicted molar refractivity (Wildman–Crippen MR) is 101 cm³/mol. The number of aliphatic hydroxyl groups excluding tert-OH is 1. The van der Waals surface area contributed by atoms with E-state index in [2.05, 4.69) is 22.2 Å².